The molecule has 1 N–H and O–H groups in total. The molecule has 2 amide bonds. The Kier molecular flexibility index (Phi) is 6.09. The summed E-state index contributed by atoms with van der Waals surface area (Å²) in [4.78, 5) is 26.7. The van der Waals surface area contributed by atoms with E-state index in [-0.39, 0.29) is 24.0 Å². The second kappa shape index (κ2) is 8.81. The molecule has 0 spiro atoms. The van der Waals surface area contributed by atoms with Gasteiger partial charge in [0.25, 0.3) is 0 Å². The number of carbonyl (C=O) groups is 2. The van der Waals surface area contributed by atoms with Gasteiger partial charge in [-0.3, -0.25) is 4.90 Å². The molecule has 2 aliphatic rings. The van der Waals surface area contributed by atoms with Gasteiger partial charge in [0.1, 0.15) is 17.5 Å². The van der Waals surface area contributed by atoms with Crippen LogP contribution in [0.5, 0.6) is 0 Å². The maximum atomic E-state index is 13.5. The highest BCUT2D eigenvalue weighted by atomic mass is 19.1. The van der Waals surface area contributed by atoms with Gasteiger partial charge < -0.3 is 14.8 Å². The minimum Gasteiger partial charge on any atom is -0.446 e. The monoisotopic (exact) mass is 440 g/mol. The third kappa shape index (κ3) is 5.03. The lowest BCUT2D eigenvalue weighted by molar-refractivity contribution is 0.0000825. The lowest BCUT2D eigenvalue weighted by Gasteiger charge is -2.40. The Morgan fingerprint density at radius 3 is 2.44 bits per heavy atom. The number of benzene rings is 2. The summed E-state index contributed by atoms with van der Waals surface area (Å²) in [7, 11) is 0. The van der Waals surface area contributed by atoms with Crippen molar-refractivity contribution in [2.24, 2.45) is 0 Å². The molecule has 4 rings (SSSR count). The second-order valence-electron chi connectivity index (χ2n) is 9.42. The summed E-state index contributed by atoms with van der Waals surface area (Å²) < 4.78 is 24.5. The Labute approximate surface area is 187 Å². The molecule has 170 valence electrons. The highest BCUT2D eigenvalue weighted by molar-refractivity contribution is 5.71. The van der Waals surface area contributed by atoms with E-state index in [9.17, 15) is 14.0 Å². The van der Waals surface area contributed by atoms with Crippen LogP contribution in [-0.2, 0) is 15.9 Å². The molecule has 2 aromatic rings. The van der Waals surface area contributed by atoms with Gasteiger partial charge >= 0.3 is 12.2 Å². The van der Waals surface area contributed by atoms with E-state index in [4.69, 9.17) is 9.47 Å². The Morgan fingerprint density at radius 1 is 1.06 bits per heavy atom. The van der Waals surface area contributed by atoms with Crippen LogP contribution >= 0.6 is 0 Å². The topological polar surface area (TPSA) is 67.9 Å². The molecule has 2 aromatic carbocycles. The first-order chi connectivity index (χ1) is 15.2. The second-order valence-corrected chi connectivity index (χ2v) is 9.42. The number of halogens is 1. The molecule has 32 heavy (non-hydrogen) atoms. The average Bonchev–Trinajstić information content (AvgIpc) is 2.70. The van der Waals surface area contributed by atoms with E-state index in [1.165, 1.54) is 17.7 Å². The number of ether oxygens (including phenoxy) is 2. The highest BCUT2D eigenvalue weighted by Crippen LogP contribution is 2.36. The average molecular weight is 441 g/mol. The number of fused-ring (bicyclic) bond motifs is 1. The normalized spacial score (nSPS) is 22.4. The summed E-state index contributed by atoms with van der Waals surface area (Å²) in [6, 6.07) is 13.9. The van der Waals surface area contributed by atoms with Crippen molar-refractivity contribution in [2.45, 2.75) is 63.8 Å². The first kappa shape index (κ1) is 22.1. The number of rotatable bonds is 3. The predicted molar refractivity (Wildman–Crippen MR) is 118 cm³/mol. The zero-order valence-corrected chi connectivity index (χ0v) is 18.6. The van der Waals surface area contributed by atoms with E-state index in [0.29, 0.717) is 19.4 Å². The standard InChI is InChI=1S/C25H29FN2O4/c1-25(2,3)32-23(29)27-19-14-20(15-19)31-24(30)28-13-12-16-6-4-5-7-21(16)22(28)17-8-10-18(26)11-9-17/h4-11,19-20,22H,12-15H2,1-3H3,(H,27,29)/t19-,20-,22-/m0/s1. The molecule has 1 atom stereocenters. The summed E-state index contributed by atoms with van der Waals surface area (Å²) in [6.07, 6.45) is 0.725. The molecule has 0 radical (unpaired) electrons. The summed E-state index contributed by atoms with van der Waals surface area (Å²) in [6.45, 7) is 5.95. The van der Waals surface area contributed by atoms with Crippen LogP contribution in [0.4, 0.5) is 14.0 Å². The fraction of sp³-hybridized carbons (Fsp3) is 0.440. The molecule has 0 unspecified atom stereocenters. The van der Waals surface area contributed by atoms with Gasteiger partial charge in [0, 0.05) is 25.4 Å². The third-order valence-corrected chi connectivity index (χ3v) is 5.79. The van der Waals surface area contributed by atoms with Crippen molar-refractivity contribution in [1.29, 1.82) is 0 Å². The quantitative estimate of drug-likeness (QED) is 0.732. The maximum absolute atomic E-state index is 13.5. The molecule has 1 aliphatic carbocycles. The molecule has 1 heterocycles. The smallest absolute Gasteiger partial charge is 0.410 e. The van der Waals surface area contributed by atoms with Crippen LogP contribution in [0.3, 0.4) is 0 Å². The molecule has 1 aliphatic heterocycles. The van der Waals surface area contributed by atoms with Gasteiger partial charge in [-0.05, 0) is 56.0 Å². The van der Waals surface area contributed by atoms with E-state index in [1.807, 2.05) is 39.0 Å². The summed E-state index contributed by atoms with van der Waals surface area (Å²) >= 11 is 0. The number of alkyl carbamates (subject to hydrolysis) is 1. The van der Waals surface area contributed by atoms with Crippen LogP contribution in [0.1, 0.15) is 56.3 Å². The van der Waals surface area contributed by atoms with Crippen LogP contribution in [0.2, 0.25) is 0 Å². The zero-order valence-electron chi connectivity index (χ0n) is 18.6. The number of amides is 2. The molecule has 1 saturated carbocycles. The number of carbonyl (C=O) groups excluding carboxylic acids is 2. The van der Waals surface area contributed by atoms with Crippen LogP contribution in [0, 0.1) is 5.82 Å². The minimum absolute atomic E-state index is 0.0716. The zero-order chi connectivity index (χ0) is 22.9. The van der Waals surface area contributed by atoms with Crippen molar-refractivity contribution >= 4 is 12.2 Å². The van der Waals surface area contributed by atoms with Gasteiger partial charge in [0.05, 0.1) is 6.04 Å². The Morgan fingerprint density at radius 2 is 1.75 bits per heavy atom. The van der Waals surface area contributed by atoms with Gasteiger partial charge in [0.15, 0.2) is 0 Å². The van der Waals surface area contributed by atoms with Gasteiger partial charge in [-0.1, -0.05) is 36.4 Å². The molecular formula is C25H29FN2O4. The summed E-state index contributed by atoms with van der Waals surface area (Å²) in [5, 5.41) is 2.81. The summed E-state index contributed by atoms with van der Waals surface area (Å²) in [5.74, 6) is -0.315. The Bertz CT molecular complexity index is 980. The largest absolute Gasteiger partial charge is 0.446 e. The molecule has 6 nitrogen and oxygen atoms in total. The van der Waals surface area contributed by atoms with Crippen molar-refractivity contribution in [1.82, 2.24) is 10.2 Å². The lowest BCUT2D eigenvalue weighted by Crippen LogP contribution is -2.51. The van der Waals surface area contributed by atoms with Crippen LogP contribution in [-0.4, -0.2) is 41.4 Å². The van der Waals surface area contributed by atoms with Crippen LogP contribution < -0.4 is 5.32 Å². The van der Waals surface area contributed by atoms with Crippen LogP contribution in [0.15, 0.2) is 48.5 Å². The molecule has 0 aromatic heterocycles. The summed E-state index contributed by atoms with van der Waals surface area (Å²) in [5.41, 5.74) is 2.49. The van der Waals surface area contributed by atoms with Gasteiger partial charge in [-0.2, -0.15) is 0 Å². The number of hydrogen-bond acceptors (Lipinski definition) is 4. The first-order valence-corrected chi connectivity index (χ1v) is 11.0. The van der Waals surface area contributed by atoms with Gasteiger partial charge in [-0.25, -0.2) is 14.0 Å². The molecule has 0 saturated heterocycles. The maximum Gasteiger partial charge on any atom is 0.410 e. The number of nitrogens with zero attached hydrogens (tertiary/aromatic N) is 1. The Hall–Kier alpha value is -3.09. The van der Waals surface area contributed by atoms with Crippen molar-refractivity contribution in [3.05, 3.63) is 71.0 Å². The number of hydrogen-bond donors (Lipinski definition) is 1. The van der Waals surface area contributed by atoms with Crippen molar-refractivity contribution in [3.8, 4) is 0 Å². The fourth-order valence-electron chi connectivity index (χ4n) is 4.23. The van der Waals surface area contributed by atoms with Gasteiger partial charge in [-0.15, -0.1) is 0 Å². The minimum atomic E-state index is -0.556. The number of nitrogens with one attached hydrogen (secondary N) is 1. The van der Waals surface area contributed by atoms with E-state index >= 15 is 0 Å². The predicted octanol–water partition coefficient (Wildman–Crippen LogP) is 4.97. The van der Waals surface area contributed by atoms with Gasteiger partial charge in [0.2, 0.25) is 0 Å². The Balaban J connectivity index is 1.41. The molecule has 7 heteroatoms. The third-order valence-electron chi connectivity index (χ3n) is 5.79. The van der Waals surface area contributed by atoms with Crippen molar-refractivity contribution in [2.75, 3.05) is 6.54 Å². The molecule has 0 bridgehead atoms. The lowest BCUT2D eigenvalue weighted by atomic mass is 9.88. The first-order valence-electron chi connectivity index (χ1n) is 11.0. The van der Waals surface area contributed by atoms with E-state index < -0.39 is 17.8 Å². The van der Waals surface area contributed by atoms with E-state index in [0.717, 1.165) is 17.5 Å². The SMILES string of the molecule is CC(C)(C)OC(=O)N[C@H]1C[C@H](OC(=O)N2CCc3ccccc3[C@@H]2c2ccc(F)cc2)C1. The fourth-order valence-corrected chi connectivity index (χ4v) is 4.23. The van der Waals surface area contributed by atoms with Crippen LogP contribution in [0.25, 0.3) is 0 Å². The molecular weight excluding hydrogens is 411 g/mol. The van der Waals surface area contributed by atoms with Crippen molar-refractivity contribution < 1.29 is 23.5 Å². The molecule has 1 fully saturated rings. The highest BCUT2D eigenvalue weighted by Gasteiger charge is 2.38. The van der Waals surface area contributed by atoms with Crippen molar-refractivity contribution in [3.63, 3.8) is 0 Å². The van der Waals surface area contributed by atoms with E-state index in [1.54, 1.807) is 17.0 Å². The van der Waals surface area contributed by atoms with E-state index in [2.05, 4.69) is 11.4 Å².